The zero-order chi connectivity index (χ0) is 16.6. The van der Waals surface area contributed by atoms with E-state index in [9.17, 15) is 4.79 Å². The van der Waals surface area contributed by atoms with Crippen LogP contribution in [-0.4, -0.2) is 10.8 Å². The summed E-state index contributed by atoms with van der Waals surface area (Å²) in [7, 11) is 0. The van der Waals surface area contributed by atoms with E-state index in [1.165, 1.54) is 0 Å². The Kier molecular flexibility index (Phi) is 5.15. The quantitative estimate of drug-likeness (QED) is 0.494. The Hall–Kier alpha value is -3.20. The van der Waals surface area contributed by atoms with Crippen LogP contribution in [0.3, 0.4) is 0 Å². The number of ether oxygens (including phenoxy) is 1. The lowest BCUT2D eigenvalue weighted by molar-refractivity contribution is 0.104. The molecule has 0 spiro atoms. The van der Waals surface area contributed by atoms with Crippen molar-refractivity contribution in [1.82, 2.24) is 4.98 Å². The molecule has 0 aliphatic carbocycles. The fourth-order valence-corrected chi connectivity index (χ4v) is 2.27. The zero-order valence-electron chi connectivity index (χ0n) is 13.1. The lowest BCUT2D eigenvalue weighted by Gasteiger charge is -2.09. The number of pyridine rings is 1. The van der Waals surface area contributed by atoms with Gasteiger partial charge in [0.1, 0.15) is 12.4 Å². The molecular formula is C21H17NO2. The fraction of sp³-hybridized carbons (Fsp3) is 0.0476. The third kappa shape index (κ3) is 4.17. The molecule has 0 fully saturated rings. The van der Waals surface area contributed by atoms with Gasteiger partial charge in [-0.25, -0.2) is 0 Å². The van der Waals surface area contributed by atoms with Crippen molar-refractivity contribution >= 4 is 11.9 Å². The molecule has 118 valence electrons. The van der Waals surface area contributed by atoms with Gasteiger partial charge in [0, 0.05) is 12.4 Å². The van der Waals surface area contributed by atoms with Gasteiger partial charge in [0.15, 0.2) is 5.78 Å². The molecule has 0 atom stereocenters. The Labute approximate surface area is 141 Å². The van der Waals surface area contributed by atoms with Gasteiger partial charge < -0.3 is 4.74 Å². The van der Waals surface area contributed by atoms with E-state index in [1.54, 1.807) is 30.6 Å². The molecule has 0 unspecified atom stereocenters. The van der Waals surface area contributed by atoms with Crippen LogP contribution in [0.25, 0.3) is 6.08 Å². The second-order valence-electron chi connectivity index (χ2n) is 5.25. The van der Waals surface area contributed by atoms with Gasteiger partial charge in [0.25, 0.3) is 0 Å². The second kappa shape index (κ2) is 7.88. The van der Waals surface area contributed by atoms with Crippen molar-refractivity contribution in [3.8, 4) is 5.75 Å². The predicted molar refractivity (Wildman–Crippen MR) is 94.8 cm³/mol. The molecule has 0 aliphatic heterocycles. The Morgan fingerprint density at radius 1 is 0.958 bits per heavy atom. The van der Waals surface area contributed by atoms with Gasteiger partial charge in [-0.2, -0.15) is 0 Å². The molecule has 2 aromatic carbocycles. The van der Waals surface area contributed by atoms with Gasteiger partial charge in [0.05, 0.1) is 5.56 Å². The molecule has 1 heterocycles. The Morgan fingerprint density at radius 3 is 2.54 bits per heavy atom. The van der Waals surface area contributed by atoms with Crippen LogP contribution in [-0.2, 0) is 6.61 Å². The van der Waals surface area contributed by atoms with Crippen LogP contribution in [0.4, 0.5) is 0 Å². The first-order valence-corrected chi connectivity index (χ1v) is 7.71. The van der Waals surface area contributed by atoms with Gasteiger partial charge in [-0.05, 0) is 41.5 Å². The van der Waals surface area contributed by atoms with Crippen molar-refractivity contribution in [3.63, 3.8) is 0 Å². The molecule has 0 saturated carbocycles. The van der Waals surface area contributed by atoms with E-state index in [2.05, 4.69) is 4.98 Å². The van der Waals surface area contributed by atoms with Crippen molar-refractivity contribution in [1.29, 1.82) is 0 Å². The number of hydrogen-bond acceptors (Lipinski definition) is 3. The highest BCUT2D eigenvalue weighted by Crippen LogP contribution is 2.20. The summed E-state index contributed by atoms with van der Waals surface area (Å²) in [6.07, 6.45) is 6.71. The van der Waals surface area contributed by atoms with Crippen LogP contribution in [0.15, 0.2) is 85.2 Å². The smallest absolute Gasteiger partial charge is 0.189 e. The number of ketones is 1. The molecule has 0 radical (unpaired) electrons. The van der Waals surface area contributed by atoms with E-state index in [0.29, 0.717) is 17.9 Å². The highest BCUT2D eigenvalue weighted by atomic mass is 16.5. The van der Waals surface area contributed by atoms with E-state index in [1.807, 2.05) is 60.7 Å². The fourth-order valence-electron chi connectivity index (χ4n) is 2.27. The minimum absolute atomic E-state index is 0.0949. The normalized spacial score (nSPS) is 10.7. The Morgan fingerprint density at radius 2 is 1.75 bits per heavy atom. The number of para-hydroxylation sites is 1. The summed E-state index contributed by atoms with van der Waals surface area (Å²) in [5.41, 5.74) is 2.49. The molecule has 3 nitrogen and oxygen atoms in total. The first kappa shape index (κ1) is 15.7. The third-order valence-corrected chi connectivity index (χ3v) is 3.50. The van der Waals surface area contributed by atoms with Crippen LogP contribution in [0.5, 0.6) is 5.75 Å². The molecular weight excluding hydrogens is 298 g/mol. The van der Waals surface area contributed by atoms with Crippen molar-refractivity contribution in [3.05, 3.63) is 102 Å². The highest BCUT2D eigenvalue weighted by molar-refractivity contribution is 6.08. The summed E-state index contributed by atoms with van der Waals surface area (Å²) in [5.74, 6) is 0.490. The minimum atomic E-state index is -0.0949. The average molecular weight is 315 g/mol. The minimum Gasteiger partial charge on any atom is -0.488 e. The van der Waals surface area contributed by atoms with Crippen LogP contribution in [0.2, 0.25) is 0 Å². The highest BCUT2D eigenvalue weighted by Gasteiger charge is 2.09. The van der Waals surface area contributed by atoms with Crippen molar-refractivity contribution in [2.75, 3.05) is 0 Å². The van der Waals surface area contributed by atoms with Crippen LogP contribution in [0.1, 0.15) is 21.5 Å². The summed E-state index contributed by atoms with van der Waals surface area (Å²) in [6.45, 7) is 0.428. The molecule has 1 aromatic heterocycles. The largest absolute Gasteiger partial charge is 0.488 e. The first-order chi connectivity index (χ1) is 11.8. The van der Waals surface area contributed by atoms with Gasteiger partial charge >= 0.3 is 0 Å². The lowest BCUT2D eigenvalue weighted by atomic mass is 10.1. The van der Waals surface area contributed by atoms with E-state index in [4.69, 9.17) is 4.74 Å². The Bertz CT molecular complexity index is 827. The summed E-state index contributed by atoms with van der Waals surface area (Å²) >= 11 is 0. The molecule has 0 bridgehead atoms. The van der Waals surface area contributed by atoms with Crippen molar-refractivity contribution < 1.29 is 9.53 Å². The van der Waals surface area contributed by atoms with E-state index in [-0.39, 0.29) is 5.78 Å². The number of allylic oxidation sites excluding steroid dienone is 1. The van der Waals surface area contributed by atoms with Gasteiger partial charge in [-0.15, -0.1) is 0 Å². The van der Waals surface area contributed by atoms with Gasteiger partial charge in [-0.1, -0.05) is 48.5 Å². The number of rotatable bonds is 6. The molecule has 0 N–H and O–H groups in total. The van der Waals surface area contributed by atoms with E-state index < -0.39 is 0 Å². The maximum absolute atomic E-state index is 12.5. The topological polar surface area (TPSA) is 39.2 Å². The molecule has 24 heavy (non-hydrogen) atoms. The van der Waals surface area contributed by atoms with E-state index >= 15 is 0 Å². The second-order valence-corrected chi connectivity index (χ2v) is 5.25. The maximum Gasteiger partial charge on any atom is 0.189 e. The van der Waals surface area contributed by atoms with Crippen LogP contribution in [0, 0.1) is 0 Å². The maximum atomic E-state index is 12.5. The lowest BCUT2D eigenvalue weighted by Crippen LogP contribution is -2.02. The first-order valence-electron chi connectivity index (χ1n) is 7.71. The number of carbonyl (C=O) groups is 1. The van der Waals surface area contributed by atoms with Gasteiger partial charge in [-0.3, -0.25) is 9.78 Å². The number of nitrogens with zero attached hydrogens (tertiary/aromatic N) is 1. The summed E-state index contributed by atoms with van der Waals surface area (Å²) in [5, 5.41) is 0. The number of carbonyl (C=O) groups excluding carboxylic acids is 1. The Balaban J connectivity index is 1.73. The molecule has 0 amide bonds. The molecule has 0 aliphatic rings. The predicted octanol–water partition coefficient (Wildman–Crippen LogP) is 4.56. The number of benzene rings is 2. The van der Waals surface area contributed by atoms with Crippen molar-refractivity contribution in [2.24, 2.45) is 0 Å². The average Bonchev–Trinajstić information content (AvgIpc) is 2.66. The van der Waals surface area contributed by atoms with E-state index in [0.717, 1.165) is 11.1 Å². The zero-order valence-corrected chi connectivity index (χ0v) is 13.1. The molecule has 0 saturated heterocycles. The number of hydrogen-bond donors (Lipinski definition) is 0. The third-order valence-electron chi connectivity index (χ3n) is 3.50. The number of aromatic nitrogens is 1. The molecule has 3 heteroatoms. The molecule has 3 rings (SSSR count). The monoisotopic (exact) mass is 315 g/mol. The summed E-state index contributed by atoms with van der Waals surface area (Å²) in [6, 6.07) is 20.9. The summed E-state index contributed by atoms with van der Waals surface area (Å²) < 4.78 is 5.83. The van der Waals surface area contributed by atoms with Crippen LogP contribution < -0.4 is 4.74 Å². The summed E-state index contributed by atoms with van der Waals surface area (Å²) in [4.78, 5) is 16.5. The van der Waals surface area contributed by atoms with Crippen molar-refractivity contribution in [2.45, 2.75) is 6.61 Å². The SMILES string of the molecule is O=C(C=Cc1cccnc1)c1ccccc1OCc1ccccc1. The van der Waals surface area contributed by atoms with Crippen LogP contribution >= 0.6 is 0 Å². The standard InChI is InChI=1S/C21H17NO2/c23-20(13-12-17-9-6-14-22-15-17)19-10-4-5-11-21(19)24-16-18-7-2-1-3-8-18/h1-15H,16H2. The molecule has 3 aromatic rings. The van der Waals surface area contributed by atoms with Gasteiger partial charge in [0.2, 0.25) is 0 Å².